The third kappa shape index (κ3) is 7.62. The molecule has 3 rings (SSSR count). The molecular weight excluding hydrogens is 529 g/mol. The average Bonchev–Trinajstić information content (AvgIpc) is 3.22. The smallest absolute Gasteiger partial charge is 0.213 e. The van der Waals surface area contributed by atoms with Gasteiger partial charge in [0.1, 0.15) is 5.76 Å². The van der Waals surface area contributed by atoms with Crippen LogP contribution in [-0.4, -0.2) is 55.7 Å². The van der Waals surface area contributed by atoms with Crippen LogP contribution in [-0.2, 0) is 16.7 Å². The second kappa shape index (κ2) is 12.0. The van der Waals surface area contributed by atoms with Gasteiger partial charge in [-0.3, -0.25) is 9.89 Å². The quantitative estimate of drug-likeness (QED) is 0.316. The highest BCUT2D eigenvalue weighted by Gasteiger charge is 2.23. The van der Waals surface area contributed by atoms with Gasteiger partial charge in [0.15, 0.2) is 5.96 Å². The molecule has 1 atom stereocenters. The Balaban J connectivity index is 0.00000341. The van der Waals surface area contributed by atoms with Crippen molar-refractivity contribution >= 4 is 41.5 Å². The first-order chi connectivity index (χ1) is 14.4. The van der Waals surface area contributed by atoms with Gasteiger partial charge in [-0.15, -0.1) is 24.0 Å². The van der Waals surface area contributed by atoms with E-state index < -0.39 is 0 Å². The molecule has 1 saturated heterocycles. The molecule has 172 valence electrons. The van der Waals surface area contributed by atoms with Gasteiger partial charge in [-0.05, 0) is 17.7 Å². The Kier molecular flexibility index (Phi) is 10.1. The van der Waals surface area contributed by atoms with Crippen molar-refractivity contribution in [1.29, 1.82) is 0 Å². The fourth-order valence-electron chi connectivity index (χ4n) is 3.34. The Morgan fingerprint density at radius 3 is 2.45 bits per heavy atom. The van der Waals surface area contributed by atoms with Gasteiger partial charge in [-0.2, -0.15) is 0 Å². The van der Waals surface area contributed by atoms with Gasteiger partial charge in [-0.25, -0.2) is 4.98 Å². The summed E-state index contributed by atoms with van der Waals surface area (Å²) in [6, 6.07) is 8.24. The number of nitrogens with zero attached hydrogens (tertiary/aromatic N) is 3. The number of oxazole rings is 1. The third-order valence-electron chi connectivity index (χ3n) is 5.13. The SMILES string of the molecule is CN=C(NCc1ncc(C(C)(C)C)o1)NCC(c1ccc(Cl)cc1)N1CCOCC1.I. The van der Waals surface area contributed by atoms with Crippen molar-refractivity contribution in [3.05, 3.63) is 52.7 Å². The zero-order valence-electron chi connectivity index (χ0n) is 18.7. The first-order valence-corrected chi connectivity index (χ1v) is 10.7. The number of ether oxygens (including phenoxy) is 1. The summed E-state index contributed by atoms with van der Waals surface area (Å²) >= 11 is 6.09. The van der Waals surface area contributed by atoms with E-state index in [1.54, 1.807) is 13.2 Å². The highest BCUT2D eigenvalue weighted by Crippen LogP contribution is 2.24. The fourth-order valence-corrected chi connectivity index (χ4v) is 3.47. The highest BCUT2D eigenvalue weighted by molar-refractivity contribution is 14.0. The maximum Gasteiger partial charge on any atom is 0.213 e. The Morgan fingerprint density at radius 1 is 1.19 bits per heavy atom. The molecule has 1 fully saturated rings. The van der Waals surface area contributed by atoms with E-state index in [0.29, 0.717) is 24.9 Å². The summed E-state index contributed by atoms with van der Waals surface area (Å²) in [6.07, 6.45) is 1.79. The largest absolute Gasteiger partial charge is 0.443 e. The van der Waals surface area contributed by atoms with Crippen molar-refractivity contribution < 1.29 is 9.15 Å². The molecule has 1 unspecified atom stereocenters. The molecule has 0 radical (unpaired) electrons. The standard InChI is InChI=1S/C22H32ClN5O2.HI/c1-22(2,3)19-14-25-20(30-19)15-27-21(24-4)26-13-18(28-9-11-29-12-10-28)16-5-7-17(23)8-6-16;/h5-8,14,18H,9-13,15H2,1-4H3,(H2,24,26,27);1H. The molecule has 0 aliphatic carbocycles. The predicted octanol–water partition coefficient (Wildman–Crippen LogP) is 3.98. The van der Waals surface area contributed by atoms with E-state index in [-0.39, 0.29) is 35.4 Å². The highest BCUT2D eigenvalue weighted by atomic mass is 127. The number of halogens is 2. The lowest BCUT2D eigenvalue weighted by atomic mass is 9.94. The molecule has 1 aliphatic heterocycles. The molecule has 2 N–H and O–H groups in total. The average molecular weight is 562 g/mol. The van der Waals surface area contributed by atoms with Crippen LogP contribution >= 0.6 is 35.6 Å². The summed E-state index contributed by atoms with van der Waals surface area (Å²) in [5.74, 6) is 2.22. The fraction of sp³-hybridized carbons (Fsp3) is 0.545. The van der Waals surface area contributed by atoms with Gasteiger partial charge in [0.2, 0.25) is 5.89 Å². The van der Waals surface area contributed by atoms with Crippen molar-refractivity contribution in [2.24, 2.45) is 4.99 Å². The van der Waals surface area contributed by atoms with E-state index in [2.05, 4.69) is 58.4 Å². The first-order valence-electron chi connectivity index (χ1n) is 10.3. The molecule has 1 aliphatic rings. The van der Waals surface area contributed by atoms with Crippen LogP contribution in [0.1, 0.15) is 44.0 Å². The Bertz CT molecular complexity index is 829. The van der Waals surface area contributed by atoms with Crippen LogP contribution in [0.25, 0.3) is 0 Å². The second-order valence-corrected chi connectivity index (χ2v) is 8.83. The van der Waals surface area contributed by atoms with Crippen LogP contribution in [0.3, 0.4) is 0 Å². The van der Waals surface area contributed by atoms with Gasteiger partial charge in [0.05, 0.1) is 32.0 Å². The monoisotopic (exact) mass is 561 g/mol. The van der Waals surface area contributed by atoms with E-state index in [1.807, 2.05) is 12.1 Å². The zero-order valence-corrected chi connectivity index (χ0v) is 21.7. The van der Waals surface area contributed by atoms with E-state index in [4.69, 9.17) is 20.8 Å². The van der Waals surface area contributed by atoms with Crippen LogP contribution < -0.4 is 10.6 Å². The normalized spacial score (nSPS) is 16.5. The Labute approximate surface area is 207 Å². The molecule has 0 bridgehead atoms. The van der Waals surface area contributed by atoms with Crippen molar-refractivity contribution in [2.75, 3.05) is 39.9 Å². The number of hydrogen-bond donors (Lipinski definition) is 2. The summed E-state index contributed by atoms with van der Waals surface area (Å²) in [5.41, 5.74) is 1.15. The molecule has 0 amide bonds. The van der Waals surface area contributed by atoms with Crippen molar-refractivity contribution in [2.45, 2.75) is 38.8 Å². The van der Waals surface area contributed by atoms with E-state index in [1.165, 1.54) is 5.56 Å². The van der Waals surface area contributed by atoms with E-state index in [9.17, 15) is 0 Å². The maximum absolute atomic E-state index is 6.09. The lowest BCUT2D eigenvalue weighted by Gasteiger charge is -2.35. The molecule has 1 aromatic heterocycles. The molecule has 9 heteroatoms. The van der Waals surface area contributed by atoms with Crippen molar-refractivity contribution in [1.82, 2.24) is 20.5 Å². The van der Waals surface area contributed by atoms with Crippen molar-refractivity contribution in [3.8, 4) is 0 Å². The number of aromatic nitrogens is 1. The minimum atomic E-state index is -0.0604. The van der Waals surface area contributed by atoms with Crippen LogP contribution in [0.2, 0.25) is 5.02 Å². The van der Waals surface area contributed by atoms with Gasteiger partial charge in [0, 0.05) is 37.1 Å². The summed E-state index contributed by atoms with van der Waals surface area (Å²) in [4.78, 5) is 11.1. The number of hydrogen-bond acceptors (Lipinski definition) is 5. The Hall–Kier alpha value is -1.36. The molecule has 31 heavy (non-hydrogen) atoms. The topological polar surface area (TPSA) is 74.9 Å². The number of benzene rings is 1. The van der Waals surface area contributed by atoms with Gasteiger partial charge < -0.3 is 19.8 Å². The van der Waals surface area contributed by atoms with Gasteiger partial charge >= 0.3 is 0 Å². The predicted molar refractivity (Wildman–Crippen MR) is 135 cm³/mol. The van der Waals surface area contributed by atoms with E-state index in [0.717, 1.165) is 37.1 Å². The number of aliphatic imine (C=N–C) groups is 1. The molecule has 0 saturated carbocycles. The van der Waals surface area contributed by atoms with Crippen LogP contribution in [0.5, 0.6) is 0 Å². The number of guanidine groups is 1. The number of nitrogens with one attached hydrogen (secondary N) is 2. The molecular formula is C22H33ClIN5O2. The number of rotatable bonds is 6. The number of morpholine rings is 1. The maximum atomic E-state index is 6.09. The molecule has 7 nitrogen and oxygen atoms in total. The van der Waals surface area contributed by atoms with Crippen LogP contribution in [0.4, 0.5) is 0 Å². The Morgan fingerprint density at radius 2 is 1.87 bits per heavy atom. The van der Waals surface area contributed by atoms with Crippen LogP contribution in [0.15, 0.2) is 39.9 Å². The van der Waals surface area contributed by atoms with Crippen LogP contribution in [0, 0.1) is 0 Å². The molecule has 2 heterocycles. The summed E-state index contributed by atoms with van der Waals surface area (Å²) in [5, 5.41) is 7.47. The van der Waals surface area contributed by atoms with Crippen molar-refractivity contribution in [3.63, 3.8) is 0 Å². The van der Waals surface area contributed by atoms with E-state index >= 15 is 0 Å². The molecule has 2 aromatic rings. The lowest BCUT2D eigenvalue weighted by molar-refractivity contribution is 0.0170. The first kappa shape index (κ1) is 25.9. The molecule has 0 spiro atoms. The summed E-state index contributed by atoms with van der Waals surface area (Å²) in [7, 11) is 1.76. The third-order valence-corrected chi connectivity index (χ3v) is 5.38. The lowest BCUT2D eigenvalue weighted by Crippen LogP contribution is -2.46. The summed E-state index contributed by atoms with van der Waals surface area (Å²) in [6.45, 7) is 10.8. The summed E-state index contributed by atoms with van der Waals surface area (Å²) < 4.78 is 11.4. The minimum absolute atomic E-state index is 0. The van der Waals surface area contributed by atoms with Gasteiger partial charge in [-0.1, -0.05) is 44.5 Å². The molecule has 1 aromatic carbocycles. The van der Waals surface area contributed by atoms with Gasteiger partial charge in [0.25, 0.3) is 0 Å². The second-order valence-electron chi connectivity index (χ2n) is 8.39. The zero-order chi connectivity index (χ0) is 21.6. The minimum Gasteiger partial charge on any atom is -0.443 e.